The third kappa shape index (κ3) is 11.7. The van der Waals surface area contributed by atoms with Crippen molar-refractivity contribution in [1.29, 1.82) is 0 Å². The first kappa shape index (κ1) is 90.7. The van der Waals surface area contributed by atoms with Crippen molar-refractivity contribution in [1.82, 2.24) is 0 Å². The zero-order valence-corrected chi connectivity index (χ0v) is 91.7. The second-order valence-corrected chi connectivity index (χ2v) is 120. The van der Waals surface area contributed by atoms with Crippen LogP contribution in [0.5, 0.6) is 0 Å². The molecule has 0 aromatic heterocycles. The summed E-state index contributed by atoms with van der Waals surface area (Å²) in [4.78, 5) is 0. The van der Waals surface area contributed by atoms with Crippen LogP contribution in [0.25, 0.3) is 0 Å². The SMILES string of the molecule is CCC1=CC2=C(C=CC=CC2c2cc(C(C)C)c([Si](C)(C)C)c(C(C)C)c2)[C]12[SiH](C)[C]1(C(CC)=CC3=C1C=CC=CC3c1cc(C(C)C)c([Si](C)(C)C)c(C(C)C)c1)[Hf]21([Cl])([Cl])[C]2(C(CC)=CC3=C2C=CC=CC3c2cc(C(C)C)c([Si](C)(C)C)c(C(C)C)c2)[SiH](C)[C]12C(CC)=CC1=C2C=CC=CC1c1cc(C(C)C)c([Si](C)(C)C)c(C(C)C)c1. The Bertz CT molecular complexity index is 4680. The Balaban J connectivity index is 1.25. The van der Waals surface area contributed by atoms with Crippen molar-refractivity contribution in [3.8, 4) is 0 Å². The number of hydrogen-bond acceptors (Lipinski definition) is 0. The van der Waals surface area contributed by atoms with Gasteiger partial charge in [0.1, 0.15) is 0 Å². The van der Waals surface area contributed by atoms with E-state index in [0.717, 1.165) is 25.7 Å². The molecule has 2 saturated heterocycles. The van der Waals surface area contributed by atoms with E-state index in [9.17, 15) is 17.2 Å². The molecule has 5 spiro atoms. The van der Waals surface area contributed by atoms with E-state index in [1.165, 1.54) is 66.8 Å². The summed E-state index contributed by atoms with van der Waals surface area (Å²) >= 11 is -8.27. The van der Waals surface area contributed by atoms with Crippen LogP contribution in [-0.4, -0.2) is 49.9 Å². The second-order valence-electron chi connectivity index (χ2n) is 45.2. The zero-order valence-electron chi connectivity index (χ0n) is 80.3. The summed E-state index contributed by atoms with van der Waals surface area (Å²) in [5.41, 5.74) is 35.9. The molecule has 0 saturated carbocycles. The average Bonchev–Trinajstić information content (AvgIpc) is 1.49. The number of rotatable bonds is 20. The Labute approximate surface area is 737 Å². The van der Waals surface area contributed by atoms with Crippen LogP contribution in [0.15, 0.2) is 237 Å². The van der Waals surface area contributed by atoms with E-state index in [4.69, 9.17) is 0 Å². The molecule has 119 heavy (non-hydrogen) atoms. The van der Waals surface area contributed by atoms with Gasteiger partial charge in [-0.15, -0.1) is 0 Å². The van der Waals surface area contributed by atoms with E-state index in [1.54, 1.807) is 87.5 Å². The number of halogens is 2. The third-order valence-corrected chi connectivity index (χ3v) is 156. The van der Waals surface area contributed by atoms with Crippen molar-refractivity contribution in [3.05, 3.63) is 304 Å². The van der Waals surface area contributed by atoms with Crippen LogP contribution in [0.2, 0.25) is 103 Å². The monoisotopic (exact) mass is 1890 g/mol. The Morgan fingerprint density at radius 3 is 0.580 bits per heavy atom. The van der Waals surface area contributed by atoms with E-state index < -0.39 is 75.7 Å². The first-order valence-corrected chi connectivity index (χ1v) is 81.9. The van der Waals surface area contributed by atoms with Crippen LogP contribution in [0.3, 0.4) is 0 Å². The van der Waals surface area contributed by atoms with Crippen molar-refractivity contribution in [3.63, 3.8) is 0 Å². The Kier molecular flexibility index (Phi) is 23.3. The summed E-state index contributed by atoms with van der Waals surface area (Å²) in [7, 11) is 11.8. The van der Waals surface area contributed by atoms with E-state index in [2.05, 4.69) is 400 Å². The first-order valence-electron chi connectivity index (χ1n) is 47.2. The summed E-state index contributed by atoms with van der Waals surface area (Å²) in [6.07, 6.45) is 56.2. The van der Waals surface area contributed by atoms with Crippen LogP contribution < -0.4 is 20.7 Å². The third-order valence-electron chi connectivity index (χ3n) is 32.3. The molecular formula is C110H152Cl2HfSi6. The van der Waals surface area contributed by atoms with E-state index in [1.807, 2.05) is 0 Å². The van der Waals surface area contributed by atoms with Gasteiger partial charge in [0, 0.05) is 0 Å². The van der Waals surface area contributed by atoms with E-state index >= 15 is 0 Å². The standard InChI is InChI=1S/2C55H76Si3.2ClH.Hf/c2*1-18-38-28-50-42(40-30-46(34(3)4)54(57(12,13)14)47(31-40)35(5)6)24-20-22-26-44(50)52(38)56(11)53-39(19-2)29-51-43(25-21-23-27-45(51)53)41-32-48(36(7)8)55(58(15,16)17)49(33-41)37(9)10;;;/h2*20-37,42-43,56H,18-19H2,1-17H3;2*1H;/q;;;;+2/p-2. The molecule has 4 aromatic carbocycles. The fraction of sp³-hybridized carbons (Fsp3) is 0.491. The molecule has 0 N–H and O–H groups in total. The second kappa shape index (κ2) is 30.6. The molecule has 634 valence electrons. The van der Waals surface area contributed by atoms with Gasteiger partial charge in [-0.1, -0.05) is 0 Å². The molecule has 0 bridgehead atoms. The van der Waals surface area contributed by atoms with Crippen LogP contribution in [0, 0.1) is 0 Å². The van der Waals surface area contributed by atoms with Crippen LogP contribution in [-0.2, 0) is 14.7 Å². The number of benzene rings is 4. The van der Waals surface area contributed by atoms with Gasteiger partial charge in [-0.2, -0.15) is 0 Å². The van der Waals surface area contributed by atoms with Gasteiger partial charge >= 0.3 is 744 Å². The molecule has 4 aromatic rings. The molecule has 2 heterocycles. The molecule has 8 atom stereocenters. The van der Waals surface area contributed by atoms with E-state index in [0.29, 0.717) is 47.3 Å². The Hall–Kier alpha value is -4.53. The molecule has 10 aliphatic rings. The van der Waals surface area contributed by atoms with Crippen molar-refractivity contribution in [2.24, 2.45) is 0 Å². The molecule has 9 heteroatoms. The summed E-state index contributed by atoms with van der Waals surface area (Å²) in [6.45, 7) is 86.7. The average molecular weight is 1890 g/mol. The summed E-state index contributed by atoms with van der Waals surface area (Å²) in [6, 6.07) is 21.8. The number of allylic oxidation sites excluding steroid dienone is 32. The quantitative estimate of drug-likeness (QED) is 0.0774. The van der Waals surface area contributed by atoms with Crippen molar-refractivity contribution in [2.45, 2.75) is 338 Å². The first-order chi connectivity index (χ1) is 55.5. The van der Waals surface area contributed by atoms with Crippen LogP contribution in [0.4, 0.5) is 0 Å². The summed E-state index contributed by atoms with van der Waals surface area (Å²) < 4.78 is -2.94. The van der Waals surface area contributed by atoms with E-state index in [-0.39, 0.29) is 23.7 Å². The predicted molar refractivity (Wildman–Crippen MR) is 545 cm³/mol. The number of fused-ring (bicyclic) bond motifs is 8. The van der Waals surface area contributed by atoms with Crippen LogP contribution >= 0.6 is 17.2 Å². The van der Waals surface area contributed by atoms with Gasteiger partial charge in [0.05, 0.1) is 0 Å². The molecule has 0 radical (unpaired) electrons. The normalized spacial score (nSPS) is 28.3. The molecule has 2 fully saturated rings. The van der Waals surface area contributed by atoms with Gasteiger partial charge in [0.25, 0.3) is 0 Å². The van der Waals surface area contributed by atoms with Gasteiger partial charge in [0.15, 0.2) is 0 Å². The number of hydrogen-bond donors (Lipinski definition) is 0. The molecule has 2 aliphatic heterocycles. The summed E-state index contributed by atoms with van der Waals surface area (Å²) in [5, 5.41) is 6.62. The molecule has 14 rings (SSSR count). The molecule has 8 unspecified atom stereocenters. The van der Waals surface area contributed by atoms with Crippen molar-refractivity contribution >= 4 is 87.8 Å². The summed E-state index contributed by atoms with van der Waals surface area (Å²) in [5.74, 6) is 2.68. The Morgan fingerprint density at radius 2 is 0.445 bits per heavy atom. The fourth-order valence-corrected chi connectivity index (χ4v) is 209. The van der Waals surface area contributed by atoms with Gasteiger partial charge in [-0.05, 0) is 0 Å². The minimum absolute atomic E-state index is 0.0454. The molecule has 0 amide bonds. The zero-order chi connectivity index (χ0) is 87.3. The van der Waals surface area contributed by atoms with Gasteiger partial charge < -0.3 is 0 Å². The fourth-order valence-electron chi connectivity index (χ4n) is 29.2. The molecule has 0 nitrogen and oxygen atoms in total. The topological polar surface area (TPSA) is 0 Å². The minimum atomic E-state index is -8.27. The molecule has 8 aliphatic carbocycles. The maximum absolute atomic E-state index is 12.4. The van der Waals surface area contributed by atoms with Crippen molar-refractivity contribution < 1.29 is 14.7 Å². The van der Waals surface area contributed by atoms with Gasteiger partial charge in [-0.25, -0.2) is 0 Å². The predicted octanol–water partition coefficient (Wildman–Crippen LogP) is 31.4. The van der Waals surface area contributed by atoms with Crippen molar-refractivity contribution in [2.75, 3.05) is 0 Å². The van der Waals surface area contributed by atoms with Crippen LogP contribution in [0.1, 0.15) is 302 Å². The van der Waals surface area contributed by atoms with Gasteiger partial charge in [0.2, 0.25) is 0 Å². The van der Waals surface area contributed by atoms with Gasteiger partial charge in [-0.3, -0.25) is 0 Å². The Morgan fingerprint density at radius 1 is 0.286 bits per heavy atom. The molecular weight excluding hydrogens is 1740 g/mol. The maximum atomic E-state index is 12.4.